The number of nitrogens with zero attached hydrogens (tertiary/aromatic N) is 2. The largest absolute Gasteiger partial charge is 0.495 e. The Labute approximate surface area is 100 Å². The van der Waals surface area contributed by atoms with E-state index < -0.39 is 0 Å². The van der Waals surface area contributed by atoms with Crippen LogP contribution >= 0.6 is 0 Å². The molecule has 0 spiro atoms. The Morgan fingerprint density at radius 3 is 2.82 bits per heavy atom. The molecule has 3 rings (SSSR count). The van der Waals surface area contributed by atoms with Crippen molar-refractivity contribution in [2.24, 2.45) is 0 Å². The van der Waals surface area contributed by atoms with E-state index in [0.29, 0.717) is 17.5 Å². The van der Waals surface area contributed by atoms with Gasteiger partial charge in [-0.15, -0.1) is 0 Å². The summed E-state index contributed by atoms with van der Waals surface area (Å²) in [4.78, 5) is 4.44. The lowest BCUT2D eigenvalue weighted by Crippen LogP contribution is -2.03. The maximum atomic E-state index is 5.96. The number of anilines is 1. The SMILES string of the molecule is COc1cc2ncn(C3CCCC3)c2cc1N. The summed E-state index contributed by atoms with van der Waals surface area (Å²) in [5.74, 6) is 0.703. The summed E-state index contributed by atoms with van der Waals surface area (Å²) in [5, 5.41) is 0. The van der Waals surface area contributed by atoms with Gasteiger partial charge in [0.25, 0.3) is 0 Å². The van der Waals surface area contributed by atoms with Crippen LogP contribution in [0.5, 0.6) is 5.75 Å². The maximum absolute atomic E-state index is 5.96. The minimum atomic E-state index is 0.591. The van der Waals surface area contributed by atoms with Crippen LogP contribution in [0.25, 0.3) is 11.0 Å². The second-order valence-electron chi connectivity index (χ2n) is 4.67. The minimum Gasteiger partial charge on any atom is -0.495 e. The first-order valence-corrected chi connectivity index (χ1v) is 6.09. The van der Waals surface area contributed by atoms with Gasteiger partial charge in [-0.2, -0.15) is 0 Å². The van der Waals surface area contributed by atoms with E-state index in [2.05, 4.69) is 9.55 Å². The van der Waals surface area contributed by atoms with Gasteiger partial charge < -0.3 is 15.0 Å². The molecule has 1 heterocycles. The first-order chi connectivity index (χ1) is 8.29. The fraction of sp³-hybridized carbons (Fsp3) is 0.462. The van der Waals surface area contributed by atoms with Crippen LogP contribution in [0, 0.1) is 0 Å². The Bertz CT molecular complexity index is 541. The van der Waals surface area contributed by atoms with E-state index >= 15 is 0 Å². The lowest BCUT2D eigenvalue weighted by molar-refractivity contribution is 0.417. The van der Waals surface area contributed by atoms with Gasteiger partial charge in [-0.05, 0) is 18.9 Å². The normalized spacial score (nSPS) is 16.8. The number of benzene rings is 1. The summed E-state index contributed by atoms with van der Waals surface area (Å²) >= 11 is 0. The standard InChI is InChI=1S/C13H17N3O/c1-17-13-7-11-12(6-10(13)14)16(8-15-11)9-4-2-3-5-9/h6-9H,2-5,14H2,1H3. The molecule has 0 radical (unpaired) electrons. The van der Waals surface area contributed by atoms with Gasteiger partial charge in [0.1, 0.15) is 5.75 Å². The molecule has 1 aromatic heterocycles. The van der Waals surface area contributed by atoms with Gasteiger partial charge in [0.15, 0.2) is 0 Å². The number of hydrogen-bond acceptors (Lipinski definition) is 3. The van der Waals surface area contributed by atoms with E-state index in [1.807, 2.05) is 18.5 Å². The van der Waals surface area contributed by atoms with E-state index in [1.165, 1.54) is 25.7 Å². The van der Waals surface area contributed by atoms with Crippen molar-refractivity contribution in [1.82, 2.24) is 9.55 Å². The van der Waals surface area contributed by atoms with Crippen molar-refractivity contribution in [2.45, 2.75) is 31.7 Å². The van der Waals surface area contributed by atoms with Gasteiger partial charge in [-0.1, -0.05) is 12.8 Å². The topological polar surface area (TPSA) is 53.1 Å². The van der Waals surface area contributed by atoms with Gasteiger partial charge in [-0.3, -0.25) is 0 Å². The summed E-state index contributed by atoms with van der Waals surface area (Å²) in [7, 11) is 1.63. The molecule has 90 valence electrons. The van der Waals surface area contributed by atoms with E-state index in [1.54, 1.807) is 7.11 Å². The number of aromatic nitrogens is 2. The summed E-state index contributed by atoms with van der Waals surface area (Å²) in [6.07, 6.45) is 7.06. The van der Waals surface area contributed by atoms with Gasteiger partial charge >= 0.3 is 0 Å². The first-order valence-electron chi connectivity index (χ1n) is 6.09. The molecule has 0 amide bonds. The van der Waals surface area contributed by atoms with E-state index in [9.17, 15) is 0 Å². The lowest BCUT2D eigenvalue weighted by Gasteiger charge is -2.13. The molecule has 17 heavy (non-hydrogen) atoms. The summed E-state index contributed by atoms with van der Waals surface area (Å²) in [6.45, 7) is 0. The number of nitrogen functional groups attached to an aromatic ring is 1. The van der Waals surface area contributed by atoms with Crippen LogP contribution in [0.4, 0.5) is 5.69 Å². The van der Waals surface area contributed by atoms with Crippen LogP contribution in [0.3, 0.4) is 0 Å². The van der Waals surface area contributed by atoms with Crippen LogP contribution < -0.4 is 10.5 Å². The Morgan fingerprint density at radius 2 is 2.12 bits per heavy atom. The van der Waals surface area contributed by atoms with Gasteiger partial charge in [0.2, 0.25) is 0 Å². The number of nitrogens with two attached hydrogens (primary N) is 1. The molecule has 1 aliphatic rings. The zero-order chi connectivity index (χ0) is 11.8. The summed E-state index contributed by atoms with van der Waals surface area (Å²) < 4.78 is 7.48. The highest BCUT2D eigenvalue weighted by Crippen LogP contribution is 2.34. The Morgan fingerprint density at radius 1 is 1.35 bits per heavy atom. The summed E-state index contributed by atoms with van der Waals surface area (Å²) in [6, 6.07) is 4.48. The second-order valence-corrected chi connectivity index (χ2v) is 4.67. The van der Waals surface area contributed by atoms with E-state index in [0.717, 1.165) is 11.0 Å². The molecule has 0 saturated heterocycles. The Balaban J connectivity index is 2.11. The molecule has 4 nitrogen and oxygen atoms in total. The van der Waals surface area contributed by atoms with Crippen LogP contribution in [-0.2, 0) is 0 Å². The van der Waals surface area contributed by atoms with Crippen molar-refractivity contribution in [3.63, 3.8) is 0 Å². The van der Waals surface area contributed by atoms with Crippen LogP contribution in [0.15, 0.2) is 18.5 Å². The predicted molar refractivity (Wildman–Crippen MR) is 68.2 cm³/mol. The van der Waals surface area contributed by atoms with Crippen LogP contribution in [0.1, 0.15) is 31.7 Å². The molecule has 1 saturated carbocycles. The van der Waals surface area contributed by atoms with Crippen molar-refractivity contribution >= 4 is 16.7 Å². The third-order valence-corrected chi connectivity index (χ3v) is 3.64. The molecule has 2 aromatic rings. The highest BCUT2D eigenvalue weighted by Gasteiger charge is 2.19. The third kappa shape index (κ3) is 1.64. The Kier molecular flexibility index (Phi) is 2.42. The fourth-order valence-electron chi connectivity index (χ4n) is 2.72. The zero-order valence-electron chi connectivity index (χ0n) is 10.0. The average molecular weight is 231 g/mol. The molecular weight excluding hydrogens is 214 g/mol. The number of imidazole rings is 1. The molecule has 1 aliphatic carbocycles. The molecular formula is C13H17N3O. The number of methoxy groups -OCH3 is 1. The number of ether oxygens (including phenoxy) is 1. The molecule has 2 N–H and O–H groups in total. The van der Waals surface area contributed by atoms with Crippen LogP contribution in [0.2, 0.25) is 0 Å². The number of fused-ring (bicyclic) bond motifs is 1. The second kappa shape index (κ2) is 3.95. The van der Waals surface area contributed by atoms with E-state index in [-0.39, 0.29) is 0 Å². The number of hydrogen-bond donors (Lipinski definition) is 1. The van der Waals surface area contributed by atoms with Crippen molar-refractivity contribution in [3.05, 3.63) is 18.5 Å². The van der Waals surface area contributed by atoms with Crippen molar-refractivity contribution in [1.29, 1.82) is 0 Å². The average Bonchev–Trinajstić information content (AvgIpc) is 2.95. The third-order valence-electron chi connectivity index (χ3n) is 3.64. The quantitative estimate of drug-likeness (QED) is 0.808. The molecule has 0 aliphatic heterocycles. The maximum Gasteiger partial charge on any atom is 0.144 e. The van der Waals surface area contributed by atoms with Crippen molar-refractivity contribution in [2.75, 3.05) is 12.8 Å². The molecule has 0 bridgehead atoms. The van der Waals surface area contributed by atoms with E-state index in [4.69, 9.17) is 10.5 Å². The first kappa shape index (κ1) is 10.4. The van der Waals surface area contributed by atoms with Crippen molar-refractivity contribution in [3.8, 4) is 5.75 Å². The highest BCUT2D eigenvalue weighted by molar-refractivity contribution is 5.82. The van der Waals surface area contributed by atoms with Crippen molar-refractivity contribution < 1.29 is 4.74 Å². The molecule has 0 unspecified atom stereocenters. The highest BCUT2D eigenvalue weighted by atomic mass is 16.5. The molecule has 0 atom stereocenters. The predicted octanol–water partition coefficient (Wildman–Crippen LogP) is 2.74. The molecule has 1 fully saturated rings. The van der Waals surface area contributed by atoms with Gasteiger partial charge in [0.05, 0.1) is 30.2 Å². The number of rotatable bonds is 2. The van der Waals surface area contributed by atoms with Crippen LogP contribution in [-0.4, -0.2) is 16.7 Å². The zero-order valence-corrected chi connectivity index (χ0v) is 10.0. The fourth-order valence-corrected chi connectivity index (χ4v) is 2.72. The van der Waals surface area contributed by atoms with Gasteiger partial charge in [-0.25, -0.2) is 4.98 Å². The molecule has 4 heteroatoms. The monoisotopic (exact) mass is 231 g/mol. The lowest BCUT2D eigenvalue weighted by atomic mass is 10.2. The van der Waals surface area contributed by atoms with Gasteiger partial charge in [0, 0.05) is 12.1 Å². The molecule has 1 aromatic carbocycles. The minimum absolute atomic E-state index is 0.591. The smallest absolute Gasteiger partial charge is 0.144 e. The summed E-state index contributed by atoms with van der Waals surface area (Å²) in [5.41, 5.74) is 8.72. The Hall–Kier alpha value is -1.71.